The Morgan fingerprint density at radius 3 is 2.11 bits per heavy atom. The minimum Gasteiger partial charge on any atom is -0.463 e. The van der Waals surface area contributed by atoms with E-state index in [1.807, 2.05) is 0 Å². The van der Waals surface area contributed by atoms with Gasteiger partial charge in [0.2, 0.25) is 0 Å². The maximum atomic E-state index is 12.4. The highest BCUT2D eigenvalue weighted by Gasteiger charge is 2.55. The molecule has 4 aliphatic rings. The third-order valence-corrected chi connectivity index (χ3v) is 5.22. The molecule has 4 aliphatic carbocycles. The number of ether oxygens (including phenoxy) is 2. The molecule has 0 aromatic carbocycles. The van der Waals surface area contributed by atoms with E-state index in [9.17, 15) is 4.79 Å². The summed E-state index contributed by atoms with van der Waals surface area (Å²) in [6.45, 7) is 5.27. The molecule has 0 saturated heterocycles. The van der Waals surface area contributed by atoms with E-state index in [0.29, 0.717) is 19.8 Å². The van der Waals surface area contributed by atoms with Crippen LogP contribution in [0.5, 0.6) is 0 Å². The molecule has 0 aliphatic heterocycles. The van der Waals surface area contributed by atoms with Crippen molar-refractivity contribution in [3.8, 4) is 0 Å². The molecular weight excluding hydrogens is 240 g/mol. The molecule has 3 heteroatoms. The van der Waals surface area contributed by atoms with Crippen LogP contribution < -0.4 is 0 Å². The lowest BCUT2D eigenvalue weighted by molar-refractivity contribution is -0.172. The van der Waals surface area contributed by atoms with Crippen molar-refractivity contribution >= 4 is 5.97 Å². The Bertz CT molecular complexity index is 302. The first-order chi connectivity index (χ1) is 9.22. The van der Waals surface area contributed by atoms with E-state index in [1.165, 1.54) is 19.3 Å². The summed E-state index contributed by atoms with van der Waals surface area (Å²) in [6.07, 6.45) is 8.09. The molecule has 0 aromatic heterocycles. The summed E-state index contributed by atoms with van der Waals surface area (Å²) >= 11 is 0. The molecule has 4 bridgehead atoms. The van der Waals surface area contributed by atoms with Gasteiger partial charge in [-0.25, -0.2) is 0 Å². The molecule has 0 spiro atoms. The van der Waals surface area contributed by atoms with Crippen molar-refractivity contribution in [2.45, 2.75) is 44.9 Å². The Balaban J connectivity index is 1.52. The first kappa shape index (κ1) is 13.4. The highest BCUT2D eigenvalue weighted by atomic mass is 16.6. The second-order valence-electron chi connectivity index (χ2n) is 6.80. The van der Waals surface area contributed by atoms with Crippen LogP contribution in [0.25, 0.3) is 0 Å². The van der Waals surface area contributed by atoms with Gasteiger partial charge in [-0.3, -0.25) is 4.79 Å². The average molecular weight is 265 g/mol. The second kappa shape index (κ2) is 5.43. The van der Waals surface area contributed by atoms with Crippen molar-refractivity contribution in [2.24, 2.45) is 23.2 Å². The molecule has 0 amide bonds. The topological polar surface area (TPSA) is 35.5 Å². The van der Waals surface area contributed by atoms with E-state index >= 15 is 0 Å². The summed E-state index contributed by atoms with van der Waals surface area (Å²) in [5, 5.41) is 0. The lowest BCUT2D eigenvalue weighted by atomic mass is 9.49. The monoisotopic (exact) mass is 265 g/mol. The number of rotatable bonds is 6. The summed E-state index contributed by atoms with van der Waals surface area (Å²) in [6, 6.07) is 0. The fraction of sp³-hybridized carbons (Fsp3) is 0.875. The Morgan fingerprint density at radius 2 is 1.58 bits per heavy atom. The van der Waals surface area contributed by atoms with Crippen molar-refractivity contribution in [3.05, 3.63) is 6.92 Å². The minimum atomic E-state index is -0.124. The summed E-state index contributed by atoms with van der Waals surface area (Å²) in [5.41, 5.74) is -0.124. The smallest absolute Gasteiger partial charge is 0.312 e. The van der Waals surface area contributed by atoms with Gasteiger partial charge in [0.05, 0.1) is 12.0 Å². The normalized spacial score (nSPS) is 39.5. The molecule has 1 radical (unpaired) electrons. The standard InChI is InChI=1S/C16H25O3/c1-2-3-18-4-5-19-15(17)16-9-12-6-13(10-16)8-14(7-12)11-16/h12-14H,1-11H2. The third kappa shape index (κ3) is 2.67. The summed E-state index contributed by atoms with van der Waals surface area (Å²) in [5.74, 6) is 2.44. The van der Waals surface area contributed by atoms with Gasteiger partial charge in [-0.2, -0.15) is 0 Å². The SMILES string of the molecule is [CH2]CCOCCOC(=O)C12CC3CC(CC(C3)C1)C2. The number of esters is 1. The fourth-order valence-electron chi connectivity index (χ4n) is 4.91. The summed E-state index contributed by atoms with van der Waals surface area (Å²) < 4.78 is 10.8. The van der Waals surface area contributed by atoms with Gasteiger partial charge >= 0.3 is 5.97 Å². The number of carbonyl (C=O) groups excluding carboxylic acids is 1. The zero-order valence-corrected chi connectivity index (χ0v) is 11.7. The second-order valence-corrected chi connectivity index (χ2v) is 6.80. The van der Waals surface area contributed by atoms with Crippen molar-refractivity contribution in [2.75, 3.05) is 19.8 Å². The Kier molecular flexibility index (Phi) is 3.84. The van der Waals surface area contributed by atoms with Crippen molar-refractivity contribution in [1.29, 1.82) is 0 Å². The molecule has 4 saturated carbocycles. The van der Waals surface area contributed by atoms with Crippen LogP contribution in [0.15, 0.2) is 0 Å². The maximum absolute atomic E-state index is 12.4. The van der Waals surface area contributed by atoms with E-state index in [2.05, 4.69) is 6.92 Å². The number of hydrogen-bond acceptors (Lipinski definition) is 3. The van der Waals surface area contributed by atoms with Crippen LogP contribution >= 0.6 is 0 Å². The lowest BCUT2D eigenvalue weighted by Crippen LogP contribution is -2.50. The minimum absolute atomic E-state index is 0.0600. The van der Waals surface area contributed by atoms with Crippen LogP contribution in [0.4, 0.5) is 0 Å². The Hall–Kier alpha value is -0.570. The predicted molar refractivity (Wildman–Crippen MR) is 72.4 cm³/mol. The molecule has 4 fully saturated rings. The molecule has 0 N–H and O–H groups in total. The molecule has 0 heterocycles. The highest BCUT2D eigenvalue weighted by Crippen LogP contribution is 2.60. The van der Waals surface area contributed by atoms with Gasteiger partial charge in [0.15, 0.2) is 0 Å². The zero-order chi connectivity index (χ0) is 13.3. The molecule has 107 valence electrons. The van der Waals surface area contributed by atoms with Crippen LogP contribution in [0.2, 0.25) is 0 Å². The maximum Gasteiger partial charge on any atom is 0.312 e. The lowest BCUT2D eigenvalue weighted by Gasteiger charge is -2.55. The summed E-state index contributed by atoms with van der Waals surface area (Å²) in [4.78, 5) is 12.4. The van der Waals surface area contributed by atoms with Crippen molar-refractivity contribution in [3.63, 3.8) is 0 Å². The number of carbonyl (C=O) groups is 1. The molecule has 0 aromatic rings. The Labute approximate surface area is 116 Å². The molecule has 3 nitrogen and oxygen atoms in total. The van der Waals surface area contributed by atoms with Gasteiger partial charge in [0.1, 0.15) is 6.61 Å². The first-order valence-electron chi connectivity index (χ1n) is 7.76. The van der Waals surface area contributed by atoms with E-state index in [1.54, 1.807) is 0 Å². The van der Waals surface area contributed by atoms with Gasteiger partial charge in [-0.05, 0) is 62.7 Å². The molecule has 19 heavy (non-hydrogen) atoms. The van der Waals surface area contributed by atoms with Crippen LogP contribution in [-0.2, 0) is 14.3 Å². The van der Waals surface area contributed by atoms with Crippen molar-refractivity contribution < 1.29 is 14.3 Å². The summed E-state index contributed by atoms with van der Waals surface area (Å²) in [7, 11) is 0. The van der Waals surface area contributed by atoms with Gasteiger partial charge in [0, 0.05) is 6.61 Å². The van der Waals surface area contributed by atoms with Gasteiger partial charge < -0.3 is 9.47 Å². The molecule has 0 atom stereocenters. The van der Waals surface area contributed by atoms with E-state index in [0.717, 1.165) is 43.4 Å². The highest BCUT2D eigenvalue weighted by molar-refractivity contribution is 5.77. The average Bonchev–Trinajstić information content (AvgIpc) is 2.36. The molecule has 0 unspecified atom stereocenters. The van der Waals surface area contributed by atoms with Crippen LogP contribution in [0.1, 0.15) is 44.9 Å². The van der Waals surface area contributed by atoms with Crippen LogP contribution in [0.3, 0.4) is 0 Å². The van der Waals surface area contributed by atoms with Crippen molar-refractivity contribution in [1.82, 2.24) is 0 Å². The van der Waals surface area contributed by atoms with Crippen LogP contribution in [-0.4, -0.2) is 25.8 Å². The zero-order valence-electron chi connectivity index (χ0n) is 11.7. The Morgan fingerprint density at radius 1 is 1.00 bits per heavy atom. The van der Waals surface area contributed by atoms with E-state index < -0.39 is 0 Å². The van der Waals surface area contributed by atoms with Gasteiger partial charge in [-0.15, -0.1) is 0 Å². The third-order valence-electron chi connectivity index (χ3n) is 5.22. The van der Waals surface area contributed by atoms with E-state index in [4.69, 9.17) is 9.47 Å². The fourth-order valence-corrected chi connectivity index (χ4v) is 4.91. The van der Waals surface area contributed by atoms with Crippen LogP contribution in [0, 0.1) is 30.1 Å². The quantitative estimate of drug-likeness (QED) is 0.547. The van der Waals surface area contributed by atoms with Gasteiger partial charge in [-0.1, -0.05) is 6.92 Å². The largest absolute Gasteiger partial charge is 0.463 e. The molecular formula is C16H25O3. The predicted octanol–water partition coefficient (Wildman–Crippen LogP) is 2.99. The molecule has 4 rings (SSSR count). The number of hydrogen-bond donors (Lipinski definition) is 0. The van der Waals surface area contributed by atoms with E-state index in [-0.39, 0.29) is 11.4 Å². The first-order valence-corrected chi connectivity index (χ1v) is 7.76. The van der Waals surface area contributed by atoms with Gasteiger partial charge in [0.25, 0.3) is 0 Å².